The maximum absolute atomic E-state index is 5.61. The summed E-state index contributed by atoms with van der Waals surface area (Å²) in [6, 6.07) is 4.33. The van der Waals surface area contributed by atoms with Crippen LogP contribution < -0.4 is 5.32 Å². The Morgan fingerprint density at radius 3 is 3.11 bits per heavy atom. The summed E-state index contributed by atoms with van der Waals surface area (Å²) in [5.74, 6) is 0. The molecule has 1 aromatic heterocycles. The molecule has 3 nitrogen and oxygen atoms in total. The number of anilines is 1. The lowest BCUT2D eigenvalue weighted by Crippen LogP contribution is -2.18. The fourth-order valence-corrected chi connectivity index (χ4v) is 3.24. The minimum Gasteiger partial charge on any atom is -0.376 e. The van der Waals surface area contributed by atoms with Gasteiger partial charge in [-0.1, -0.05) is 17.4 Å². The van der Waals surface area contributed by atoms with Crippen LogP contribution in [0.4, 0.5) is 5.13 Å². The highest BCUT2D eigenvalue weighted by Gasteiger charge is 2.16. The summed E-state index contributed by atoms with van der Waals surface area (Å²) in [5.41, 5.74) is 3.72. The van der Waals surface area contributed by atoms with Crippen LogP contribution in [0.1, 0.15) is 24.0 Å². The van der Waals surface area contributed by atoms with Crippen molar-refractivity contribution in [3.63, 3.8) is 0 Å². The van der Waals surface area contributed by atoms with Crippen molar-refractivity contribution in [1.29, 1.82) is 0 Å². The zero-order chi connectivity index (χ0) is 12.5. The van der Waals surface area contributed by atoms with Gasteiger partial charge < -0.3 is 10.1 Å². The van der Waals surface area contributed by atoms with Crippen molar-refractivity contribution >= 4 is 26.7 Å². The van der Waals surface area contributed by atoms with E-state index in [1.165, 1.54) is 22.2 Å². The molecule has 1 N–H and O–H groups in total. The average molecular weight is 262 g/mol. The largest absolute Gasteiger partial charge is 0.376 e. The lowest BCUT2D eigenvalue weighted by Gasteiger charge is -2.08. The highest BCUT2D eigenvalue weighted by atomic mass is 32.1. The van der Waals surface area contributed by atoms with Gasteiger partial charge in [0.1, 0.15) is 0 Å². The molecule has 2 heterocycles. The minimum atomic E-state index is 0.361. The van der Waals surface area contributed by atoms with E-state index >= 15 is 0 Å². The summed E-state index contributed by atoms with van der Waals surface area (Å²) in [6.45, 7) is 6.05. The van der Waals surface area contributed by atoms with Crippen molar-refractivity contribution in [2.24, 2.45) is 0 Å². The molecule has 1 aromatic carbocycles. The van der Waals surface area contributed by atoms with Crippen LogP contribution in [0.25, 0.3) is 10.2 Å². The smallest absolute Gasteiger partial charge is 0.183 e. The van der Waals surface area contributed by atoms with Gasteiger partial charge in [0, 0.05) is 13.2 Å². The van der Waals surface area contributed by atoms with Crippen LogP contribution >= 0.6 is 11.3 Å². The van der Waals surface area contributed by atoms with Crippen LogP contribution in [0.5, 0.6) is 0 Å². The van der Waals surface area contributed by atoms with E-state index < -0.39 is 0 Å². The normalized spacial score (nSPS) is 19.6. The van der Waals surface area contributed by atoms with Crippen molar-refractivity contribution in [3.8, 4) is 0 Å². The number of thiazole rings is 1. The highest BCUT2D eigenvalue weighted by molar-refractivity contribution is 7.22. The number of hydrogen-bond acceptors (Lipinski definition) is 4. The van der Waals surface area contributed by atoms with Gasteiger partial charge in [-0.05, 0) is 43.9 Å². The first-order valence-electron chi connectivity index (χ1n) is 6.46. The fraction of sp³-hybridized carbons (Fsp3) is 0.500. The summed E-state index contributed by atoms with van der Waals surface area (Å²) >= 11 is 1.73. The summed E-state index contributed by atoms with van der Waals surface area (Å²) in [4.78, 5) is 4.69. The second-order valence-electron chi connectivity index (χ2n) is 4.89. The lowest BCUT2D eigenvalue weighted by molar-refractivity contribution is 0.120. The first kappa shape index (κ1) is 11.9. The number of ether oxygens (including phenoxy) is 1. The quantitative estimate of drug-likeness (QED) is 0.919. The predicted octanol–water partition coefficient (Wildman–Crippen LogP) is 3.50. The second kappa shape index (κ2) is 4.86. The van der Waals surface area contributed by atoms with Crippen LogP contribution in [0, 0.1) is 13.8 Å². The minimum absolute atomic E-state index is 0.361. The molecule has 0 amide bonds. The Bertz CT molecular complexity index is 558. The van der Waals surface area contributed by atoms with Gasteiger partial charge in [-0.25, -0.2) is 4.98 Å². The molecule has 2 aromatic rings. The molecule has 0 bridgehead atoms. The van der Waals surface area contributed by atoms with Gasteiger partial charge in [-0.2, -0.15) is 0 Å². The van der Waals surface area contributed by atoms with Crippen LogP contribution in [-0.2, 0) is 4.74 Å². The molecule has 0 radical (unpaired) electrons. The SMILES string of the molecule is Cc1ccc2sc(NC[C@@H]3CCCO3)nc2c1C. The Morgan fingerprint density at radius 1 is 1.44 bits per heavy atom. The second-order valence-corrected chi connectivity index (χ2v) is 5.92. The Hall–Kier alpha value is -1.13. The maximum Gasteiger partial charge on any atom is 0.183 e. The van der Waals surface area contributed by atoms with E-state index in [0.717, 1.165) is 30.2 Å². The number of hydrogen-bond donors (Lipinski definition) is 1. The number of aryl methyl sites for hydroxylation is 2. The monoisotopic (exact) mass is 262 g/mol. The topological polar surface area (TPSA) is 34.1 Å². The van der Waals surface area contributed by atoms with Crippen molar-refractivity contribution < 1.29 is 4.74 Å². The molecule has 0 spiro atoms. The third-order valence-electron chi connectivity index (χ3n) is 3.59. The Balaban J connectivity index is 1.78. The van der Waals surface area contributed by atoms with Crippen molar-refractivity contribution in [3.05, 3.63) is 23.3 Å². The predicted molar refractivity (Wildman–Crippen MR) is 76.6 cm³/mol. The first-order chi connectivity index (χ1) is 8.74. The third kappa shape index (κ3) is 2.22. The van der Waals surface area contributed by atoms with E-state index in [0.29, 0.717) is 6.10 Å². The van der Waals surface area contributed by atoms with E-state index in [4.69, 9.17) is 4.74 Å². The van der Waals surface area contributed by atoms with E-state index in [2.05, 4.69) is 36.3 Å². The van der Waals surface area contributed by atoms with Gasteiger partial charge in [0.2, 0.25) is 0 Å². The molecule has 96 valence electrons. The molecular weight excluding hydrogens is 244 g/mol. The van der Waals surface area contributed by atoms with Crippen molar-refractivity contribution in [2.45, 2.75) is 32.8 Å². The van der Waals surface area contributed by atoms with Gasteiger partial charge >= 0.3 is 0 Å². The zero-order valence-corrected chi connectivity index (χ0v) is 11.6. The standard InChI is InChI=1S/C14H18N2OS/c1-9-5-6-12-13(10(9)2)16-14(18-12)15-8-11-4-3-7-17-11/h5-6,11H,3-4,7-8H2,1-2H3,(H,15,16)/t11-/m0/s1. The highest BCUT2D eigenvalue weighted by Crippen LogP contribution is 2.29. The van der Waals surface area contributed by atoms with Gasteiger partial charge in [0.15, 0.2) is 5.13 Å². The number of nitrogens with zero attached hydrogens (tertiary/aromatic N) is 1. The number of rotatable bonds is 3. The Labute approximate surface area is 111 Å². The summed E-state index contributed by atoms with van der Waals surface area (Å²) in [6.07, 6.45) is 2.71. The molecule has 1 aliphatic rings. The van der Waals surface area contributed by atoms with E-state index in [9.17, 15) is 0 Å². The molecule has 3 rings (SSSR count). The molecule has 0 saturated carbocycles. The average Bonchev–Trinajstić information content (AvgIpc) is 3.00. The third-order valence-corrected chi connectivity index (χ3v) is 4.57. The summed E-state index contributed by atoms with van der Waals surface area (Å²) in [7, 11) is 0. The number of fused-ring (bicyclic) bond motifs is 1. The van der Waals surface area contributed by atoms with Crippen LogP contribution in [0.3, 0.4) is 0 Å². The summed E-state index contributed by atoms with van der Waals surface area (Å²) < 4.78 is 6.86. The van der Waals surface area contributed by atoms with Gasteiger partial charge in [0.05, 0.1) is 16.3 Å². The summed E-state index contributed by atoms with van der Waals surface area (Å²) in [5, 5.41) is 4.41. The van der Waals surface area contributed by atoms with Crippen molar-refractivity contribution in [1.82, 2.24) is 4.98 Å². The number of benzene rings is 1. The van der Waals surface area contributed by atoms with Gasteiger partial charge in [-0.15, -0.1) is 0 Å². The molecule has 1 saturated heterocycles. The Morgan fingerprint density at radius 2 is 2.33 bits per heavy atom. The van der Waals surface area contributed by atoms with Gasteiger partial charge in [0.25, 0.3) is 0 Å². The Kier molecular flexibility index (Phi) is 3.22. The molecule has 18 heavy (non-hydrogen) atoms. The maximum atomic E-state index is 5.61. The van der Waals surface area contributed by atoms with Crippen LogP contribution in [0.15, 0.2) is 12.1 Å². The fourth-order valence-electron chi connectivity index (χ4n) is 2.31. The molecule has 1 fully saturated rings. The van der Waals surface area contributed by atoms with E-state index in [1.807, 2.05) is 0 Å². The van der Waals surface area contributed by atoms with Crippen molar-refractivity contribution in [2.75, 3.05) is 18.5 Å². The van der Waals surface area contributed by atoms with E-state index in [-0.39, 0.29) is 0 Å². The molecule has 0 aliphatic carbocycles. The molecule has 0 unspecified atom stereocenters. The first-order valence-corrected chi connectivity index (χ1v) is 7.28. The molecule has 1 aliphatic heterocycles. The number of nitrogens with one attached hydrogen (secondary N) is 1. The van der Waals surface area contributed by atoms with E-state index in [1.54, 1.807) is 11.3 Å². The zero-order valence-electron chi connectivity index (χ0n) is 10.8. The lowest BCUT2D eigenvalue weighted by atomic mass is 10.1. The molecular formula is C14H18N2OS. The van der Waals surface area contributed by atoms with Gasteiger partial charge in [-0.3, -0.25) is 0 Å². The van der Waals surface area contributed by atoms with Crippen LogP contribution in [-0.4, -0.2) is 24.2 Å². The van der Waals surface area contributed by atoms with Crippen LogP contribution in [0.2, 0.25) is 0 Å². The molecule has 4 heteroatoms. The number of aromatic nitrogens is 1. The molecule has 1 atom stereocenters.